The van der Waals surface area contributed by atoms with Gasteiger partial charge in [0, 0.05) is 32.5 Å². The van der Waals surface area contributed by atoms with Crippen LogP contribution in [0.5, 0.6) is 5.75 Å². The minimum atomic E-state index is -0.378. The highest BCUT2D eigenvalue weighted by molar-refractivity contribution is 5.80. The molecule has 0 bridgehead atoms. The van der Waals surface area contributed by atoms with Gasteiger partial charge in [-0.2, -0.15) is 0 Å². The van der Waals surface area contributed by atoms with Gasteiger partial charge in [0.05, 0.1) is 12.0 Å². The number of carboxylic acid groups (broad SMARTS) is 1. The molecule has 0 radical (unpaired) electrons. The Bertz CT molecular complexity index is 802. The maximum absolute atomic E-state index is 12.7. The Kier molecular flexibility index (Phi) is 10.2. The van der Waals surface area contributed by atoms with Crippen LogP contribution in [-0.4, -0.2) is 79.7 Å². The van der Waals surface area contributed by atoms with Gasteiger partial charge in [-0.25, -0.2) is 0 Å². The highest BCUT2D eigenvalue weighted by Crippen LogP contribution is 2.43. The number of hydrogen-bond acceptors (Lipinski definition) is 6. The molecule has 0 aliphatic carbocycles. The maximum atomic E-state index is 12.7. The summed E-state index contributed by atoms with van der Waals surface area (Å²) in [5, 5.41) is 6.89. The summed E-state index contributed by atoms with van der Waals surface area (Å²) in [6.07, 6.45) is 4.47. The molecule has 1 aromatic rings. The van der Waals surface area contributed by atoms with Crippen molar-refractivity contribution in [2.24, 2.45) is 5.41 Å². The monoisotopic (exact) mass is 462 g/mol. The normalized spacial score (nSPS) is 19.1. The lowest BCUT2D eigenvalue weighted by atomic mass is 9.76. The molecule has 2 fully saturated rings. The summed E-state index contributed by atoms with van der Waals surface area (Å²) in [5.74, 6) is 1.06. The first kappa shape index (κ1) is 26.6. The van der Waals surface area contributed by atoms with Crippen molar-refractivity contribution < 1.29 is 29.0 Å². The van der Waals surface area contributed by atoms with E-state index in [2.05, 4.69) is 24.0 Å². The lowest BCUT2D eigenvalue weighted by Gasteiger charge is -2.36. The molecule has 1 unspecified atom stereocenters. The molecule has 8 heteroatoms. The first-order chi connectivity index (χ1) is 15.7. The predicted molar refractivity (Wildman–Crippen MR) is 125 cm³/mol. The standard InChI is InChI=1S/C24H36N2O4.CH2O2/c1-5-29-21-10-9-19(15-18(21)2)7-6-8-22(27)26-13-11-24(12-14-26)16-20(17-25(3)4)30-23(24)28;2-1-3/h9-10,15,20H,5-8,11-14,16-17H2,1-4H3;1H,(H,2,3). The lowest BCUT2D eigenvalue weighted by Crippen LogP contribution is -2.45. The van der Waals surface area contributed by atoms with Crippen LogP contribution in [0.4, 0.5) is 0 Å². The Balaban J connectivity index is 0.00000122. The topological polar surface area (TPSA) is 96.4 Å². The second-order valence-electron chi connectivity index (χ2n) is 9.15. The summed E-state index contributed by atoms with van der Waals surface area (Å²) in [7, 11) is 3.99. The van der Waals surface area contributed by atoms with Crippen LogP contribution in [0.2, 0.25) is 0 Å². The van der Waals surface area contributed by atoms with Crippen LogP contribution in [0.25, 0.3) is 0 Å². The van der Waals surface area contributed by atoms with Crippen molar-refractivity contribution in [3.8, 4) is 5.75 Å². The Morgan fingerprint density at radius 3 is 2.58 bits per heavy atom. The minimum Gasteiger partial charge on any atom is -0.494 e. The van der Waals surface area contributed by atoms with Gasteiger partial charge < -0.3 is 24.4 Å². The van der Waals surface area contributed by atoms with Crippen LogP contribution in [0.3, 0.4) is 0 Å². The fourth-order valence-corrected chi connectivity index (χ4v) is 4.72. The van der Waals surface area contributed by atoms with Crippen LogP contribution >= 0.6 is 0 Å². The van der Waals surface area contributed by atoms with Gasteiger partial charge in [0.2, 0.25) is 5.91 Å². The molecule has 1 N–H and O–H groups in total. The third-order valence-corrected chi connectivity index (χ3v) is 6.36. The predicted octanol–water partition coefficient (Wildman–Crippen LogP) is 2.90. The summed E-state index contributed by atoms with van der Waals surface area (Å²) in [4.78, 5) is 37.5. The number of nitrogens with zero attached hydrogens (tertiary/aromatic N) is 2. The van der Waals surface area contributed by atoms with Crippen LogP contribution in [0.1, 0.15) is 50.2 Å². The minimum absolute atomic E-state index is 0.0210. The average molecular weight is 463 g/mol. The number of rotatable bonds is 8. The number of ether oxygens (including phenoxy) is 2. The van der Waals surface area contributed by atoms with E-state index in [1.54, 1.807) is 0 Å². The van der Waals surface area contributed by atoms with Crippen molar-refractivity contribution in [3.05, 3.63) is 29.3 Å². The van der Waals surface area contributed by atoms with Gasteiger partial charge in [0.15, 0.2) is 0 Å². The van der Waals surface area contributed by atoms with Gasteiger partial charge in [-0.05, 0) is 70.8 Å². The average Bonchev–Trinajstić information content (AvgIpc) is 3.04. The van der Waals surface area contributed by atoms with Gasteiger partial charge in [0.25, 0.3) is 6.47 Å². The van der Waals surface area contributed by atoms with Crippen molar-refractivity contribution in [3.63, 3.8) is 0 Å². The molecule has 8 nitrogen and oxygen atoms in total. The molecule has 33 heavy (non-hydrogen) atoms. The van der Waals surface area contributed by atoms with Crippen LogP contribution in [0, 0.1) is 12.3 Å². The Morgan fingerprint density at radius 1 is 1.33 bits per heavy atom. The third-order valence-electron chi connectivity index (χ3n) is 6.36. The molecule has 3 rings (SSSR count). The summed E-state index contributed by atoms with van der Waals surface area (Å²) in [5.41, 5.74) is 2.00. The van der Waals surface area contributed by atoms with E-state index in [9.17, 15) is 9.59 Å². The number of amides is 1. The number of likely N-dealkylation sites (N-methyl/N-ethyl adjacent to an activating group) is 1. The van der Waals surface area contributed by atoms with Crippen molar-refractivity contribution in [2.75, 3.05) is 40.3 Å². The molecule has 1 atom stereocenters. The SMILES string of the molecule is CCOc1ccc(CCCC(=O)N2CCC3(CC2)CC(CN(C)C)OC3=O)cc1C.O=CO. The second-order valence-corrected chi connectivity index (χ2v) is 9.15. The Hall–Kier alpha value is -2.61. The van der Waals surface area contributed by atoms with Gasteiger partial charge >= 0.3 is 5.97 Å². The van der Waals surface area contributed by atoms with E-state index in [1.165, 1.54) is 5.56 Å². The highest BCUT2D eigenvalue weighted by atomic mass is 16.6. The zero-order valence-corrected chi connectivity index (χ0v) is 20.3. The number of benzene rings is 1. The number of carbonyl (C=O) groups is 3. The lowest BCUT2D eigenvalue weighted by molar-refractivity contribution is -0.152. The number of piperidine rings is 1. The summed E-state index contributed by atoms with van der Waals surface area (Å²) in [6, 6.07) is 6.25. The molecular formula is C25H38N2O6. The number of hydrogen-bond donors (Lipinski definition) is 1. The van der Waals surface area contributed by atoms with Crippen LogP contribution in [-0.2, 0) is 25.5 Å². The van der Waals surface area contributed by atoms with E-state index >= 15 is 0 Å². The molecule has 184 valence electrons. The zero-order chi connectivity index (χ0) is 24.4. The van der Waals surface area contributed by atoms with E-state index in [-0.39, 0.29) is 29.9 Å². The van der Waals surface area contributed by atoms with Gasteiger partial charge in [-0.15, -0.1) is 0 Å². The number of aryl methyl sites for hydroxylation is 2. The number of cyclic esters (lactones) is 1. The smallest absolute Gasteiger partial charge is 0.312 e. The third kappa shape index (κ3) is 7.45. The van der Waals surface area contributed by atoms with Crippen molar-refractivity contribution in [2.45, 2.75) is 58.5 Å². The summed E-state index contributed by atoms with van der Waals surface area (Å²) < 4.78 is 11.2. The molecule has 1 spiro atoms. The first-order valence-electron chi connectivity index (χ1n) is 11.7. The first-order valence-corrected chi connectivity index (χ1v) is 11.7. The van der Waals surface area contributed by atoms with E-state index in [4.69, 9.17) is 19.4 Å². The molecule has 2 aliphatic heterocycles. The number of carbonyl (C=O) groups excluding carboxylic acids is 2. The van der Waals surface area contributed by atoms with Gasteiger partial charge in [-0.1, -0.05) is 12.1 Å². The molecule has 2 heterocycles. The van der Waals surface area contributed by atoms with Crippen molar-refractivity contribution in [1.82, 2.24) is 9.80 Å². The van der Waals surface area contributed by atoms with E-state index in [0.29, 0.717) is 26.1 Å². The molecule has 2 saturated heterocycles. The van der Waals surface area contributed by atoms with Crippen molar-refractivity contribution in [1.29, 1.82) is 0 Å². The van der Waals surface area contributed by atoms with E-state index < -0.39 is 0 Å². The molecule has 2 aliphatic rings. The molecule has 0 aromatic heterocycles. The van der Waals surface area contributed by atoms with Crippen LogP contribution in [0.15, 0.2) is 18.2 Å². The van der Waals surface area contributed by atoms with Crippen molar-refractivity contribution >= 4 is 18.3 Å². The molecule has 1 amide bonds. The van der Waals surface area contributed by atoms with Gasteiger partial charge in [0.1, 0.15) is 11.9 Å². The largest absolute Gasteiger partial charge is 0.494 e. The van der Waals surface area contributed by atoms with Crippen LogP contribution < -0.4 is 4.74 Å². The van der Waals surface area contributed by atoms with Gasteiger partial charge in [-0.3, -0.25) is 14.4 Å². The molecule has 0 saturated carbocycles. The fourth-order valence-electron chi connectivity index (χ4n) is 4.72. The molecular weight excluding hydrogens is 424 g/mol. The summed E-state index contributed by atoms with van der Waals surface area (Å²) in [6.45, 7) is 6.54. The summed E-state index contributed by atoms with van der Waals surface area (Å²) >= 11 is 0. The van der Waals surface area contributed by atoms with E-state index in [0.717, 1.165) is 50.0 Å². The number of esters is 1. The highest BCUT2D eigenvalue weighted by Gasteiger charge is 2.50. The quantitative estimate of drug-likeness (QED) is 0.469. The fraction of sp³-hybridized carbons (Fsp3) is 0.640. The second kappa shape index (κ2) is 12.6. The molecule has 1 aromatic carbocycles. The number of likely N-dealkylation sites (tertiary alicyclic amines) is 1. The Morgan fingerprint density at radius 2 is 2.00 bits per heavy atom. The zero-order valence-electron chi connectivity index (χ0n) is 20.3. The Labute approximate surface area is 196 Å². The maximum Gasteiger partial charge on any atom is 0.312 e. The van der Waals surface area contributed by atoms with E-state index in [1.807, 2.05) is 32.0 Å².